The Labute approximate surface area is 165 Å². The summed E-state index contributed by atoms with van der Waals surface area (Å²) in [6.45, 7) is 2.10. The molecule has 4 rings (SSSR count). The molecule has 1 aromatic rings. The first-order valence-electron chi connectivity index (χ1n) is 10.3. The number of urea groups is 1. The van der Waals surface area contributed by atoms with Gasteiger partial charge < -0.3 is 10.2 Å². The average Bonchev–Trinajstić information content (AvgIpc) is 3.30. The third kappa shape index (κ3) is 4.04. The van der Waals surface area contributed by atoms with E-state index in [0.717, 1.165) is 38.8 Å². The number of hydrogen-bond acceptors (Lipinski definition) is 4. The first-order valence-corrected chi connectivity index (χ1v) is 10.3. The van der Waals surface area contributed by atoms with Crippen molar-refractivity contribution in [1.82, 2.24) is 15.1 Å². The Morgan fingerprint density at radius 2 is 1.68 bits per heavy atom. The van der Waals surface area contributed by atoms with Gasteiger partial charge in [0.2, 0.25) is 5.91 Å². The van der Waals surface area contributed by atoms with Crippen LogP contribution in [0.2, 0.25) is 0 Å². The highest BCUT2D eigenvalue weighted by atomic mass is 16.2. The van der Waals surface area contributed by atoms with Gasteiger partial charge in [-0.15, -0.1) is 0 Å². The van der Waals surface area contributed by atoms with Crippen LogP contribution in [-0.4, -0.2) is 65.9 Å². The van der Waals surface area contributed by atoms with Crippen molar-refractivity contribution < 1.29 is 14.4 Å². The summed E-state index contributed by atoms with van der Waals surface area (Å²) in [5.41, 5.74) is 0.626. The predicted molar refractivity (Wildman–Crippen MR) is 106 cm³/mol. The summed E-state index contributed by atoms with van der Waals surface area (Å²) < 4.78 is 0. The van der Waals surface area contributed by atoms with Gasteiger partial charge in [0.05, 0.1) is 12.2 Å². The Morgan fingerprint density at radius 1 is 1.00 bits per heavy atom. The molecule has 7 nitrogen and oxygen atoms in total. The van der Waals surface area contributed by atoms with Gasteiger partial charge in [0.15, 0.2) is 0 Å². The van der Waals surface area contributed by atoms with Crippen LogP contribution in [0.25, 0.3) is 0 Å². The van der Waals surface area contributed by atoms with Gasteiger partial charge in [-0.25, -0.2) is 9.69 Å². The number of imide groups is 1. The number of likely N-dealkylation sites (tertiary alicyclic amines) is 1. The first-order chi connectivity index (χ1) is 13.6. The van der Waals surface area contributed by atoms with Crippen molar-refractivity contribution in [1.29, 1.82) is 0 Å². The molecule has 3 fully saturated rings. The summed E-state index contributed by atoms with van der Waals surface area (Å²) in [6, 6.07) is 9.26. The second kappa shape index (κ2) is 8.31. The number of nitrogens with zero attached hydrogens (tertiary/aromatic N) is 3. The van der Waals surface area contributed by atoms with E-state index in [0.29, 0.717) is 18.3 Å². The molecule has 0 radical (unpaired) electrons. The molecule has 2 aliphatic heterocycles. The minimum atomic E-state index is -0.228. The van der Waals surface area contributed by atoms with E-state index >= 15 is 0 Å². The van der Waals surface area contributed by atoms with Crippen LogP contribution in [0, 0.1) is 0 Å². The lowest BCUT2D eigenvalue weighted by molar-refractivity contribution is -0.123. The van der Waals surface area contributed by atoms with E-state index in [-0.39, 0.29) is 30.4 Å². The highest BCUT2D eigenvalue weighted by Gasteiger charge is 2.41. The Morgan fingerprint density at radius 3 is 2.36 bits per heavy atom. The largest absolute Gasteiger partial charge is 0.352 e. The number of rotatable bonds is 5. The fourth-order valence-corrected chi connectivity index (χ4v) is 4.57. The van der Waals surface area contributed by atoms with E-state index in [1.165, 1.54) is 17.7 Å². The lowest BCUT2D eigenvalue weighted by Gasteiger charge is -2.35. The van der Waals surface area contributed by atoms with Gasteiger partial charge >= 0.3 is 6.03 Å². The molecule has 3 aliphatic rings. The van der Waals surface area contributed by atoms with Crippen molar-refractivity contribution in [2.45, 2.75) is 50.6 Å². The van der Waals surface area contributed by atoms with E-state index in [1.54, 1.807) is 17.0 Å². The minimum absolute atomic E-state index is 0.0549. The van der Waals surface area contributed by atoms with E-state index in [1.807, 2.05) is 18.2 Å². The standard InChI is InChI=1S/C21H28N4O3/c26-19(22-16-6-4-5-7-16)14-23-12-10-17(11-13-23)24-15-20(27)25(21(24)28)18-8-2-1-3-9-18/h1-3,8-9,16-17H,4-7,10-15H2,(H,22,26). The second-order valence-corrected chi connectivity index (χ2v) is 8.03. The number of nitrogens with one attached hydrogen (secondary N) is 1. The molecule has 1 N–H and O–H groups in total. The third-order valence-electron chi connectivity index (χ3n) is 6.09. The summed E-state index contributed by atoms with van der Waals surface area (Å²) >= 11 is 0. The molecular formula is C21H28N4O3. The van der Waals surface area contributed by atoms with Gasteiger partial charge in [-0.05, 0) is 37.8 Å². The quantitative estimate of drug-likeness (QED) is 0.788. The first kappa shape index (κ1) is 18.9. The van der Waals surface area contributed by atoms with Gasteiger partial charge in [-0.1, -0.05) is 31.0 Å². The van der Waals surface area contributed by atoms with Crippen molar-refractivity contribution in [2.75, 3.05) is 31.1 Å². The van der Waals surface area contributed by atoms with E-state index in [4.69, 9.17) is 0 Å². The Balaban J connectivity index is 1.28. The zero-order valence-electron chi connectivity index (χ0n) is 16.2. The molecule has 150 valence electrons. The number of para-hydroxylation sites is 1. The van der Waals surface area contributed by atoms with Gasteiger partial charge in [-0.2, -0.15) is 0 Å². The minimum Gasteiger partial charge on any atom is -0.352 e. The van der Waals surface area contributed by atoms with E-state index in [9.17, 15) is 14.4 Å². The van der Waals surface area contributed by atoms with Gasteiger partial charge in [0, 0.05) is 25.2 Å². The molecule has 1 saturated carbocycles. The van der Waals surface area contributed by atoms with Crippen LogP contribution in [0.5, 0.6) is 0 Å². The molecular weight excluding hydrogens is 356 g/mol. The van der Waals surface area contributed by atoms with Crippen molar-refractivity contribution in [3.63, 3.8) is 0 Å². The second-order valence-electron chi connectivity index (χ2n) is 8.03. The zero-order chi connectivity index (χ0) is 19.5. The number of carbonyl (C=O) groups excluding carboxylic acids is 3. The van der Waals surface area contributed by atoms with Crippen molar-refractivity contribution in [3.8, 4) is 0 Å². The van der Waals surface area contributed by atoms with Gasteiger partial charge in [0.25, 0.3) is 5.91 Å². The lowest BCUT2D eigenvalue weighted by atomic mass is 10.0. The normalized spacial score (nSPS) is 22.3. The fraction of sp³-hybridized carbons (Fsp3) is 0.571. The van der Waals surface area contributed by atoms with Crippen molar-refractivity contribution in [3.05, 3.63) is 30.3 Å². The highest BCUT2D eigenvalue weighted by Crippen LogP contribution is 2.26. The van der Waals surface area contributed by atoms with Crippen LogP contribution >= 0.6 is 0 Å². The molecule has 2 saturated heterocycles. The number of benzene rings is 1. The van der Waals surface area contributed by atoms with Crippen LogP contribution in [0.4, 0.5) is 10.5 Å². The molecule has 0 bridgehead atoms. The Bertz CT molecular complexity index is 724. The fourth-order valence-electron chi connectivity index (χ4n) is 4.57. The van der Waals surface area contributed by atoms with Gasteiger partial charge in [0.1, 0.15) is 6.54 Å². The molecule has 4 amide bonds. The Kier molecular flexibility index (Phi) is 5.62. The summed E-state index contributed by atoms with van der Waals surface area (Å²) in [5.74, 6) is -0.0670. The van der Waals surface area contributed by atoms with Crippen LogP contribution in [0.15, 0.2) is 30.3 Å². The molecule has 7 heteroatoms. The van der Waals surface area contributed by atoms with Crippen LogP contribution in [0.1, 0.15) is 38.5 Å². The molecule has 0 unspecified atom stereocenters. The third-order valence-corrected chi connectivity index (χ3v) is 6.09. The molecule has 2 heterocycles. The number of piperidine rings is 1. The topological polar surface area (TPSA) is 73.0 Å². The Hall–Kier alpha value is -2.41. The number of hydrogen-bond donors (Lipinski definition) is 1. The van der Waals surface area contributed by atoms with Crippen molar-refractivity contribution in [2.24, 2.45) is 0 Å². The van der Waals surface area contributed by atoms with Crippen molar-refractivity contribution >= 4 is 23.5 Å². The van der Waals surface area contributed by atoms with Crippen LogP contribution in [-0.2, 0) is 9.59 Å². The molecule has 28 heavy (non-hydrogen) atoms. The molecule has 0 atom stereocenters. The summed E-state index contributed by atoms with van der Waals surface area (Å²) in [5, 5.41) is 3.13. The predicted octanol–water partition coefficient (Wildman–Crippen LogP) is 1.98. The maximum Gasteiger partial charge on any atom is 0.332 e. The summed E-state index contributed by atoms with van der Waals surface area (Å²) in [6.07, 6.45) is 6.18. The molecule has 1 aliphatic carbocycles. The molecule has 0 spiro atoms. The van der Waals surface area contributed by atoms with Crippen LogP contribution < -0.4 is 10.2 Å². The average molecular weight is 384 g/mol. The SMILES string of the molecule is O=C(CN1CCC(N2CC(=O)N(c3ccccc3)C2=O)CC1)NC1CCCC1. The molecule has 1 aromatic carbocycles. The maximum absolute atomic E-state index is 12.8. The highest BCUT2D eigenvalue weighted by molar-refractivity contribution is 6.19. The van der Waals surface area contributed by atoms with Crippen LogP contribution in [0.3, 0.4) is 0 Å². The monoisotopic (exact) mass is 384 g/mol. The summed E-state index contributed by atoms with van der Waals surface area (Å²) in [7, 11) is 0. The summed E-state index contributed by atoms with van der Waals surface area (Å²) in [4.78, 5) is 42.6. The lowest BCUT2D eigenvalue weighted by Crippen LogP contribution is -2.49. The number of amides is 4. The molecule has 0 aromatic heterocycles. The van der Waals surface area contributed by atoms with E-state index < -0.39 is 0 Å². The maximum atomic E-state index is 12.8. The smallest absolute Gasteiger partial charge is 0.332 e. The van der Waals surface area contributed by atoms with Gasteiger partial charge in [-0.3, -0.25) is 14.5 Å². The number of carbonyl (C=O) groups is 3. The van der Waals surface area contributed by atoms with E-state index in [2.05, 4.69) is 10.2 Å². The zero-order valence-corrected chi connectivity index (χ0v) is 16.2. The number of anilines is 1.